The van der Waals surface area contributed by atoms with Crippen LogP contribution >= 0.6 is 0 Å². The summed E-state index contributed by atoms with van der Waals surface area (Å²) in [7, 11) is 1.63. The first-order valence-electron chi connectivity index (χ1n) is 8.19. The van der Waals surface area contributed by atoms with E-state index in [1.165, 1.54) is 0 Å². The number of benzene rings is 1. The number of hydrogen-bond acceptors (Lipinski definition) is 3. The second-order valence-electron chi connectivity index (χ2n) is 5.80. The highest BCUT2D eigenvalue weighted by Crippen LogP contribution is 2.29. The molecule has 0 unspecified atom stereocenters. The van der Waals surface area contributed by atoms with Gasteiger partial charge in [-0.15, -0.1) is 0 Å². The van der Waals surface area contributed by atoms with Gasteiger partial charge in [0.1, 0.15) is 5.75 Å². The zero-order chi connectivity index (χ0) is 16.5. The Kier molecular flexibility index (Phi) is 7.96. The standard InChI is InChI=1S/C18H30N2O2/c1-6-9-20(10-7-2)11-8-17(21)19-18-15(4)12-14(3)13-16(18)22-5/h12-13H,6-11H2,1-5H3,(H,19,21). The molecule has 0 atom stereocenters. The highest BCUT2D eigenvalue weighted by molar-refractivity contribution is 5.93. The molecule has 0 radical (unpaired) electrons. The highest BCUT2D eigenvalue weighted by Gasteiger charge is 2.12. The van der Waals surface area contributed by atoms with Crippen LogP contribution in [0, 0.1) is 13.8 Å². The van der Waals surface area contributed by atoms with E-state index in [4.69, 9.17) is 4.74 Å². The molecule has 0 spiro atoms. The van der Waals surface area contributed by atoms with Crippen molar-refractivity contribution in [2.24, 2.45) is 0 Å². The Labute approximate surface area is 134 Å². The van der Waals surface area contributed by atoms with Gasteiger partial charge in [0, 0.05) is 13.0 Å². The fourth-order valence-electron chi connectivity index (χ4n) is 2.68. The van der Waals surface area contributed by atoms with Crippen molar-refractivity contribution < 1.29 is 9.53 Å². The van der Waals surface area contributed by atoms with Crippen LogP contribution in [0.4, 0.5) is 5.69 Å². The molecule has 1 rings (SSSR count). The van der Waals surface area contributed by atoms with Crippen LogP contribution in [0.3, 0.4) is 0 Å². The van der Waals surface area contributed by atoms with Gasteiger partial charge in [0.05, 0.1) is 12.8 Å². The topological polar surface area (TPSA) is 41.6 Å². The van der Waals surface area contributed by atoms with E-state index >= 15 is 0 Å². The summed E-state index contributed by atoms with van der Waals surface area (Å²) in [6, 6.07) is 4.00. The van der Waals surface area contributed by atoms with Crippen LogP contribution in [-0.2, 0) is 4.79 Å². The van der Waals surface area contributed by atoms with Gasteiger partial charge in [0.2, 0.25) is 5.91 Å². The molecule has 0 aliphatic rings. The molecule has 1 aromatic rings. The SMILES string of the molecule is CCCN(CCC)CCC(=O)Nc1c(C)cc(C)cc1OC. The molecule has 0 aromatic heterocycles. The first-order valence-corrected chi connectivity index (χ1v) is 8.19. The van der Waals surface area contributed by atoms with Gasteiger partial charge in [-0.3, -0.25) is 4.79 Å². The van der Waals surface area contributed by atoms with Gasteiger partial charge in [-0.1, -0.05) is 19.9 Å². The Morgan fingerprint density at radius 3 is 2.32 bits per heavy atom. The van der Waals surface area contributed by atoms with Gasteiger partial charge >= 0.3 is 0 Å². The summed E-state index contributed by atoms with van der Waals surface area (Å²) in [6.07, 6.45) is 2.75. The Morgan fingerprint density at radius 1 is 1.14 bits per heavy atom. The van der Waals surface area contributed by atoms with Crippen molar-refractivity contribution >= 4 is 11.6 Å². The molecule has 4 nitrogen and oxygen atoms in total. The van der Waals surface area contributed by atoms with E-state index < -0.39 is 0 Å². The van der Waals surface area contributed by atoms with Crippen LogP contribution in [0.2, 0.25) is 0 Å². The zero-order valence-corrected chi connectivity index (χ0v) is 14.7. The van der Waals surface area contributed by atoms with E-state index in [0.29, 0.717) is 6.42 Å². The normalized spacial score (nSPS) is 10.8. The molecule has 0 bridgehead atoms. The average Bonchev–Trinajstić information content (AvgIpc) is 2.47. The second kappa shape index (κ2) is 9.46. The molecule has 0 fully saturated rings. The monoisotopic (exact) mass is 306 g/mol. The smallest absolute Gasteiger partial charge is 0.225 e. The van der Waals surface area contributed by atoms with Gasteiger partial charge in [0.25, 0.3) is 0 Å². The lowest BCUT2D eigenvalue weighted by molar-refractivity contribution is -0.116. The number of ether oxygens (including phenoxy) is 1. The Hall–Kier alpha value is -1.55. The molecule has 0 saturated carbocycles. The zero-order valence-electron chi connectivity index (χ0n) is 14.7. The van der Waals surface area contributed by atoms with Crippen molar-refractivity contribution in [3.63, 3.8) is 0 Å². The van der Waals surface area contributed by atoms with Gasteiger partial charge < -0.3 is 15.0 Å². The van der Waals surface area contributed by atoms with E-state index in [1.807, 2.05) is 19.9 Å². The summed E-state index contributed by atoms with van der Waals surface area (Å²) in [5.41, 5.74) is 2.95. The van der Waals surface area contributed by atoms with E-state index in [0.717, 1.165) is 55.0 Å². The van der Waals surface area contributed by atoms with Gasteiger partial charge in [0.15, 0.2) is 0 Å². The lowest BCUT2D eigenvalue weighted by Crippen LogP contribution is -2.29. The van der Waals surface area contributed by atoms with Crippen molar-refractivity contribution in [1.29, 1.82) is 0 Å². The minimum atomic E-state index is 0.0439. The molecule has 1 aromatic carbocycles. The molecule has 0 aliphatic heterocycles. The summed E-state index contributed by atoms with van der Waals surface area (Å²) < 4.78 is 5.39. The third-order valence-corrected chi connectivity index (χ3v) is 3.66. The number of aryl methyl sites for hydroxylation is 2. The maximum absolute atomic E-state index is 12.2. The Morgan fingerprint density at radius 2 is 1.77 bits per heavy atom. The molecule has 0 saturated heterocycles. The van der Waals surface area contributed by atoms with Crippen molar-refractivity contribution in [3.05, 3.63) is 23.3 Å². The third-order valence-electron chi connectivity index (χ3n) is 3.66. The summed E-state index contributed by atoms with van der Waals surface area (Å²) in [5.74, 6) is 0.771. The van der Waals surface area contributed by atoms with E-state index in [-0.39, 0.29) is 5.91 Å². The molecular formula is C18H30N2O2. The maximum Gasteiger partial charge on any atom is 0.225 e. The number of nitrogens with one attached hydrogen (secondary N) is 1. The van der Waals surface area contributed by atoms with Crippen LogP contribution in [0.15, 0.2) is 12.1 Å². The number of amides is 1. The molecule has 22 heavy (non-hydrogen) atoms. The van der Waals surface area contributed by atoms with Crippen LogP contribution in [0.25, 0.3) is 0 Å². The number of rotatable bonds is 9. The first kappa shape index (κ1) is 18.5. The summed E-state index contributed by atoms with van der Waals surface area (Å²) in [6.45, 7) is 11.3. The average molecular weight is 306 g/mol. The summed E-state index contributed by atoms with van der Waals surface area (Å²) in [4.78, 5) is 14.6. The Balaban J connectivity index is 2.65. The van der Waals surface area contributed by atoms with E-state index in [1.54, 1.807) is 7.11 Å². The van der Waals surface area contributed by atoms with E-state index in [2.05, 4.69) is 30.1 Å². The predicted molar refractivity (Wildman–Crippen MR) is 92.7 cm³/mol. The van der Waals surface area contributed by atoms with Gasteiger partial charge in [-0.2, -0.15) is 0 Å². The molecule has 4 heteroatoms. The maximum atomic E-state index is 12.2. The minimum absolute atomic E-state index is 0.0439. The van der Waals surface area contributed by atoms with Crippen LogP contribution in [0.5, 0.6) is 5.75 Å². The molecular weight excluding hydrogens is 276 g/mol. The summed E-state index contributed by atoms with van der Waals surface area (Å²) >= 11 is 0. The van der Waals surface area contributed by atoms with Crippen molar-refractivity contribution in [1.82, 2.24) is 4.90 Å². The second-order valence-corrected chi connectivity index (χ2v) is 5.80. The number of carbonyl (C=O) groups is 1. The summed E-state index contributed by atoms with van der Waals surface area (Å²) in [5, 5.41) is 3.01. The highest BCUT2D eigenvalue weighted by atomic mass is 16.5. The van der Waals surface area contributed by atoms with Gasteiger partial charge in [-0.05, 0) is 57.0 Å². The lowest BCUT2D eigenvalue weighted by atomic mass is 10.1. The quantitative estimate of drug-likeness (QED) is 0.755. The number of anilines is 1. The van der Waals surface area contributed by atoms with E-state index in [9.17, 15) is 4.79 Å². The molecule has 124 valence electrons. The lowest BCUT2D eigenvalue weighted by Gasteiger charge is -2.21. The molecule has 1 amide bonds. The van der Waals surface area contributed by atoms with Gasteiger partial charge in [-0.25, -0.2) is 0 Å². The fourth-order valence-corrected chi connectivity index (χ4v) is 2.68. The molecule has 0 aliphatic carbocycles. The van der Waals surface area contributed by atoms with Crippen molar-refractivity contribution in [3.8, 4) is 5.75 Å². The number of hydrogen-bond donors (Lipinski definition) is 1. The van der Waals surface area contributed by atoms with Crippen LogP contribution in [-0.4, -0.2) is 37.6 Å². The van der Waals surface area contributed by atoms with Crippen LogP contribution < -0.4 is 10.1 Å². The fraction of sp³-hybridized carbons (Fsp3) is 0.611. The third kappa shape index (κ3) is 5.68. The number of carbonyl (C=O) groups excluding carboxylic acids is 1. The van der Waals surface area contributed by atoms with Crippen LogP contribution in [0.1, 0.15) is 44.2 Å². The largest absolute Gasteiger partial charge is 0.495 e. The number of nitrogens with zero attached hydrogens (tertiary/aromatic N) is 1. The number of methoxy groups -OCH3 is 1. The predicted octanol–water partition coefficient (Wildman–Crippen LogP) is 3.76. The Bertz CT molecular complexity index is 480. The van der Waals surface area contributed by atoms with Crippen molar-refractivity contribution in [2.45, 2.75) is 47.0 Å². The first-order chi connectivity index (χ1) is 10.5. The minimum Gasteiger partial charge on any atom is -0.495 e. The van der Waals surface area contributed by atoms with Crippen molar-refractivity contribution in [2.75, 3.05) is 32.1 Å². The molecule has 1 N–H and O–H groups in total. The molecule has 0 heterocycles.